The summed E-state index contributed by atoms with van der Waals surface area (Å²) in [6, 6.07) is 4.38. The van der Waals surface area contributed by atoms with Crippen LogP contribution < -0.4 is 0 Å². The van der Waals surface area contributed by atoms with E-state index in [4.69, 9.17) is 0 Å². The summed E-state index contributed by atoms with van der Waals surface area (Å²) in [5.74, 6) is 0.780. The molecule has 4 heteroatoms. The minimum absolute atomic E-state index is 0.664. The topological polar surface area (TPSA) is 17.3 Å². The fourth-order valence-electron chi connectivity index (χ4n) is 2.29. The standard InChI is InChI=1S/C12H13AsBrN2/c14-11-7-15-12-2-1-10(8-16(11)12)9-3-5-13-6-4-9/h1-2,7-9H,3-6H2. The Labute approximate surface area is 110 Å². The van der Waals surface area contributed by atoms with Crippen LogP contribution in [0.25, 0.3) is 5.65 Å². The van der Waals surface area contributed by atoms with Gasteiger partial charge in [0.2, 0.25) is 0 Å². The van der Waals surface area contributed by atoms with Gasteiger partial charge < -0.3 is 0 Å². The van der Waals surface area contributed by atoms with Gasteiger partial charge in [-0.3, -0.25) is 0 Å². The van der Waals surface area contributed by atoms with Gasteiger partial charge in [-0.1, -0.05) is 0 Å². The van der Waals surface area contributed by atoms with Crippen molar-refractivity contribution in [2.24, 2.45) is 0 Å². The van der Waals surface area contributed by atoms with Crippen molar-refractivity contribution in [3.63, 3.8) is 0 Å². The van der Waals surface area contributed by atoms with Gasteiger partial charge in [0, 0.05) is 0 Å². The molecule has 0 saturated carbocycles. The second-order valence-corrected chi connectivity index (χ2v) is 7.84. The first-order chi connectivity index (χ1) is 7.84. The van der Waals surface area contributed by atoms with Crippen LogP contribution in [0, 0.1) is 0 Å². The van der Waals surface area contributed by atoms with E-state index in [0.717, 1.165) is 16.2 Å². The summed E-state index contributed by atoms with van der Waals surface area (Å²) in [6.07, 6.45) is 6.89. The molecule has 3 heterocycles. The molecule has 0 bridgehead atoms. The molecule has 1 aliphatic heterocycles. The maximum absolute atomic E-state index is 4.33. The normalized spacial score (nSPS) is 22.9. The van der Waals surface area contributed by atoms with Crippen molar-refractivity contribution < 1.29 is 0 Å². The Balaban J connectivity index is 1.99. The molecule has 3 rings (SSSR count). The molecule has 0 unspecified atom stereocenters. The van der Waals surface area contributed by atoms with E-state index in [9.17, 15) is 0 Å². The van der Waals surface area contributed by atoms with Crippen LogP contribution in [-0.2, 0) is 0 Å². The summed E-state index contributed by atoms with van der Waals surface area (Å²) < 4.78 is 3.18. The predicted molar refractivity (Wildman–Crippen MR) is 70.2 cm³/mol. The molecule has 2 nitrogen and oxygen atoms in total. The van der Waals surface area contributed by atoms with E-state index in [1.165, 1.54) is 28.8 Å². The number of pyridine rings is 1. The molecule has 1 fully saturated rings. The second kappa shape index (κ2) is 4.54. The van der Waals surface area contributed by atoms with Gasteiger partial charge in [0.05, 0.1) is 0 Å². The van der Waals surface area contributed by atoms with Gasteiger partial charge in [-0.2, -0.15) is 0 Å². The van der Waals surface area contributed by atoms with Crippen molar-refractivity contribution in [2.45, 2.75) is 29.2 Å². The third-order valence-electron chi connectivity index (χ3n) is 3.23. The molecule has 1 aliphatic rings. The molecule has 1 radical (unpaired) electrons. The summed E-state index contributed by atoms with van der Waals surface area (Å²) >= 11 is 4.19. The van der Waals surface area contributed by atoms with Gasteiger partial charge >= 0.3 is 111 Å². The first kappa shape index (κ1) is 10.9. The summed E-state index contributed by atoms with van der Waals surface area (Å²) in [7, 11) is 0. The molecule has 0 spiro atoms. The molecule has 83 valence electrons. The molecule has 2 aromatic rings. The Hall–Kier alpha value is -0.272. The van der Waals surface area contributed by atoms with Crippen molar-refractivity contribution in [3.8, 4) is 0 Å². The van der Waals surface area contributed by atoms with Crippen LogP contribution in [-0.4, -0.2) is 25.1 Å². The molecule has 16 heavy (non-hydrogen) atoms. The van der Waals surface area contributed by atoms with Crippen LogP contribution in [0.1, 0.15) is 24.3 Å². The van der Waals surface area contributed by atoms with Crippen molar-refractivity contribution in [1.29, 1.82) is 0 Å². The first-order valence-electron chi connectivity index (χ1n) is 5.60. The van der Waals surface area contributed by atoms with Gasteiger partial charge in [-0.05, 0) is 0 Å². The number of rotatable bonds is 1. The monoisotopic (exact) mass is 339 g/mol. The third-order valence-corrected chi connectivity index (χ3v) is 6.22. The molecule has 0 amide bonds. The summed E-state index contributed by atoms with van der Waals surface area (Å²) in [6.45, 7) is 0. The van der Waals surface area contributed by atoms with Gasteiger partial charge in [0.1, 0.15) is 0 Å². The zero-order valence-electron chi connectivity index (χ0n) is 8.93. The van der Waals surface area contributed by atoms with E-state index in [0.29, 0.717) is 15.8 Å². The van der Waals surface area contributed by atoms with Crippen molar-refractivity contribution in [2.75, 3.05) is 0 Å². The number of hydrogen-bond donors (Lipinski definition) is 0. The molecule has 0 aliphatic carbocycles. The van der Waals surface area contributed by atoms with Crippen LogP contribution in [0.2, 0.25) is 10.4 Å². The van der Waals surface area contributed by atoms with E-state index in [2.05, 4.69) is 43.6 Å². The maximum atomic E-state index is 4.33. The predicted octanol–water partition coefficient (Wildman–Crippen LogP) is 3.52. The average molecular weight is 340 g/mol. The Kier molecular flexibility index (Phi) is 3.08. The van der Waals surface area contributed by atoms with E-state index >= 15 is 0 Å². The van der Waals surface area contributed by atoms with Crippen LogP contribution in [0.3, 0.4) is 0 Å². The summed E-state index contributed by atoms with van der Waals surface area (Å²) in [5, 5.41) is 2.95. The quantitative estimate of drug-likeness (QED) is 0.727. The second-order valence-electron chi connectivity index (χ2n) is 4.22. The van der Waals surface area contributed by atoms with Crippen molar-refractivity contribution >= 4 is 37.3 Å². The Morgan fingerprint density at radius 3 is 2.94 bits per heavy atom. The molecule has 1 saturated heterocycles. The number of aromatic nitrogens is 2. The van der Waals surface area contributed by atoms with Gasteiger partial charge in [-0.15, -0.1) is 0 Å². The third kappa shape index (κ3) is 1.96. The van der Waals surface area contributed by atoms with E-state index in [1.807, 2.05) is 6.20 Å². The van der Waals surface area contributed by atoms with E-state index in [-0.39, 0.29) is 0 Å². The molecule has 2 aromatic heterocycles. The number of hydrogen-bond acceptors (Lipinski definition) is 1. The fraction of sp³-hybridized carbons (Fsp3) is 0.417. The molecule has 0 aromatic carbocycles. The average Bonchev–Trinajstić information content (AvgIpc) is 2.72. The number of halogens is 1. The van der Waals surface area contributed by atoms with Gasteiger partial charge in [-0.25, -0.2) is 0 Å². The van der Waals surface area contributed by atoms with E-state index in [1.54, 1.807) is 0 Å². The minimum atomic E-state index is 0.664. The summed E-state index contributed by atoms with van der Waals surface area (Å²) in [4.78, 5) is 4.33. The SMILES string of the molecule is Brc1cnc2ccc(C3CC[As]CC3)cn12. The molecular weight excluding hydrogens is 327 g/mol. The van der Waals surface area contributed by atoms with Crippen molar-refractivity contribution in [1.82, 2.24) is 9.38 Å². The van der Waals surface area contributed by atoms with Crippen LogP contribution >= 0.6 is 15.9 Å². The molecule has 0 N–H and O–H groups in total. The van der Waals surface area contributed by atoms with Crippen molar-refractivity contribution in [3.05, 3.63) is 34.7 Å². The fourth-order valence-corrected chi connectivity index (χ4v) is 5.22. The van der Waals surface area contributed by atoms with Gasteiger partial charge in [0.15, 0.2) is 0 Å². The molecule has 0 atom stereocenters. The first-order valence-corrected chi connectivity index (χ1v) is 9.05. The van der Waals surface area contributed by atoms with Crippen LogP contribution in [0.4, 0.5) is 0 Å². The van der Waals surface area contributed by atoms with Gasteiger partial charge in [0.25, 0.3) is 0 Å². The zero-order chi connectivity index (χ0) is 11.0. The Morgan fingerprint density at radius 2 is 2.12 bits per heavy atom. The number of imidazole rings is 1. The number of fused-ring (bicyclic) bond motifs is 1. The number of nitrogens with zero attached hydrogens (tertiary/aromatic N) is 2. The van der Waals surface area contributed by atoms with Crippen LogP contribution in [0.5, 0.6) is 0 Å². The van der Waals surface area contributed by atoms with E-state index < -0.39 is 0 Å². The summed E-state index contributed by atoms with van der Waals surface area (Å²) in [5.41, 5.74) is 2.50. The zero-order valence-corrected chi connectivity index (χ0v) is 12.4. The Morgan fingerprint density at radius 1 is 1.31 bits per heavy atom. The van der Waals surface area contributed by atoms with Crippen LogP contribution in [0.15, 0.2) is 29.1 Å². The Bertz CT molecular complexity index is 503. The molecular formula is C12H13AsBrN2.